The van der Waals surface area contributed by atoms with Crippen molar-refractivity contribution in [3.63, 3.8) is 0 Å². The molecule has 29 heavy (non-hydrogen) atoms. The lowest BCUT2D eigenvalue weighted by Crippen LogP contribution is -2.22. The Bertz CT molecular complexity index is 1380. The van der Waals surface area contributed by atoms with Crippen LogP contribution in [0.25, 0.3) is 39.6 Å². The van der Waals surface area contributed by atoms with Crippen LogP contribution in [0.3, 0.4) is 0 Å². The molecule has 0 bridgehead atoms. The van der Waals surface area contributed by atoms with Gasteiger partial charge in [0.25, 0.3) is 11.4 Å². The van der Waals surface area contributed by atoms with Gasteiger partial charge in [-0.15, -0.1) is 0 Å². The molecule has 0 spiro atoms. The second-order valence-corrected chi connectivity index (χ2v) is 7.14. The third-order valence-corrected chi connectivity index (χ3v) is 4.93. The van der Waals surface area contributed by atoms with Crippen molar-refractivity contribution in [1.82, 2.24) is 24.9 Å². The van der Waals surface area contributed by atoms with Crippen LogP contribution >= 0.6 is 15.9 Å². The van der Waals surface area contributed by atoms with E-state index in [4.69, 9.17) is 4.52 Å². The number of pyridine rings is 1. The van der Waals surface area contributed by atoms with E-state index in [2.05, 4.69) is 36.2 Å². The van der Waals surface area contributed by atoms with Crippen molar-refractivity contribution >= 4 is 26.7 Å². The highest BCUT2D eigenvalue weighted by Gasteiger charge is 2.19. The molecule has 3 heterocycles. The molecule has 0 aliphatic rings. The zero-order chi connectivity index (χ0) is 19.8. The number of aromatic nitrogens is 5. The molecule has 0 unspecified atom stereocenters. The molecule has 0 N–H and O–H groups in total. The molecular weight excluding hydrogens is 434 g/mol. The number of benzene rings is 2. The number of nitrogens with zero attached hydrogens (tertiary/aromatic N) is 5. The van der Waals surface area contributed by atoms with Crippen molar-refractivity contribution in [3.05, 3.63) is 87.8 Å². The summed E-state index contributed by atoms with van der Waals surface area (Å²) in [7, 11) is 0. The Labute approximate surface area is 172 Å². The minimum absolute atomic E-state index is 0.215. The standard InChI is InChI=1S/C21H12BrN5O2/c22-13-8-10-14(11-9-13)27-21(28)16-6-2-1-5-15(16)18(25-27)20-24-19(26-29-20)17-7-3-4-12-23-17/h1-12H. The van der Waals surface area contributed by atoms with E-state index in [9.17, 15) is 4.79 Å². The Morgan fingerprint density at radius 1 is 0.897 bits per heavy atom. The normalized spacial score (nSPS) is 11.1. The predicted octanol–water partition coefficient (Wildman–Crippen LogP) is 4.26. The molecule has 2 aromatic carbocycles. The Morgan fingerprint density at radius 3 is 2.41 bits per heavy atom. The summed E-state index contributed by atoms with van der Waals surface area (Å²) in [5, 5.41) is 9.73. The molecule has 0 radical (unpaired) electrons. The summed E-state index contributed by atoms with van der Waals surface area (Å²) in [5.41, 5.74) is 1.43. The van der Waals surface area contributed by atoms with Gasteiger partial charge in [-0.3, -0.25) is 9.78 Å². The minimum atomic E-state index is -0.226. The fraction of sp³-hybridized carbons (Fsp3) is 0. The average molecular weight is 446 g/mol. The van der Waals surface area contributed by atoms with E-state index in [0.29, 0.717) is 33.7 Å². The van der Waals surface area contributed by atoms with E-state index in [1.54, 1.807) is 18.3 Å². The van der Waals surface area contributed by atoms with Crippen LogP contribution in [0.2, 0.25) is 0 Å². The first-order chi connectivity index (χ1) is 14.2. The summed E-state index contributed by atoms with van der Waals surface area (Å²) in [4.78, 5) is 21.7. The molecule has 0 aliphatic carbocycles. The van der Waals surface area contributed by atoms with Crippen molar-refractivity contribution in [3.8, 4) is 28.8 Å². The van der Waals surface area contributed by atoms with Crippen molar-refractivity contribution < 1.29 is 4.52 Å². The topological polar surface area (TPSA) is 86.7 Å². The smallest absolute Gasteiger partial charge is 0.279 e. The van der Waals surface area contributed by atoms with Crippen molar-refractivity contribution in [1.29, 1.82) is 0 Å². The molecule has 0 aliphatic heterocycles. The lowest BCUT2D eigenvalue weighted by molar-refractivity contribution is 0.430. The van der Waals surface area contributed by atoms with Crippen LogP contribution < -0.4 is 5.56 Å². The van der Waals surface area contributed by atoms with Crippen LogP contribution in [0.5, 0.6) is 0 Å². The number of fused-ring (bicyclic) bond motifs is 1. The molecule has 0 saturated heterocycles. The Kier molecular flexibility index (Phi) is 4.25. The van der Waals surface area contributed by atoms with Gasteiger partial charge >= 0.3 is 0 Å². The molecule has 5 aromatic rings. The summed E-state index contributed by atoms with van der Waals surface area (Å²) >= 11 is 3.41. The quantitative estimate of drug-likeness (QED) is 0.412. The highest BCUT2D eigenvalue weighted by Crippen LogP contribution is 2.26. The van der Waals surface area contributed by atoms with E-state index >= 15 is 0 Å². The van der Waals surface area contributed by atoms with Crippen molar-refractivity contribution in [2.24, 2.45) is 0 Å². The average Bonchev–Trinajstić information content (AvgIpc) is 3.26. The van der Waals surface area contributed by atoms with Gasteiger partial charge in [0.15, 0.2) is 5.69 Å². The van der Waals surface area contributed by atoms with E-state index in [1.807, 2.05) is 54.6 Å². The first kappa shape index (κ1) is 17.4. The highest BCUT2D eigenvalue weighted by molar-refractivity contribution is 9.10. The van der Waals surface area contributed by atoms with E-state index in [0.717, 1.165) is 4.47 Å². The van der Waals surface area contributed by atoms with E-state index in [1.165, 1.54) is 4.68 Å². The van der Waals surface area contributed by atoms with Gasteiger partial charge in [-0.25, -0.2) is 0 Å². The summed E-state index contributed by atoms with van der Waals surface area (Å²) in [6, 6.07) is 20.0. The van der Waals surface area contributed by atoms with Gasteiger partial charge in [-0.2, -0.15) is 14.8 Å². The highest BCUT2D eigenvalue weighted by atomic mass is 79.9. The van der Waals surface area contributed by atoms with Crippen molar-refractivity contribution in [2.45, 2.75) is 0 Å². The second-order valence-electron chi connectivity index (χ2n) is 6.23. The third kappa shape index (κ3) is 3.13. The Morgan fingerprint density at radius 2 is 1.66 bits per heavy atom. The lowest BCUT2D eigenvalue weighted by atomic mass is 10.1. The minimum Gasteiger partial charge on any atom is -0.332 e. The van der Waals surface area contributed by atoms with Crippen LogP contribution in [-0.2, 0) is 0 Å². The number of rotatable bonds is 3. The van der Waals surface area contributed by atoms with Gasteiger partial charge in [-0.1, -0.05) is 45.4 Å². The van der Waals surface area contributed by atoms with Gasteiger partial charge in [0, 0.05) is 16.1 Å². The second kappa shape index (κ2) is 7.06. The fourth-order valence-corrected chi connectivity index (χ4v) is 3.29. The number of halogens is 1. The number of hydrogen-bond acceptors (Lipinski definition) is 6. The fourth-order valence-electron chi connectivity index (χ4n) is 3.02. The molecule has 3 aromatic heterocycles. The van der Waals surface area contributed by atoms with Crippen LogP contribution in [0.15, 0.2) is 86.7 Å². The molecule has 140 valence electrons. The maximum Gasteiger partial charge on any atom is 0.279 e. The maximum atomic E-state index is 13.0. The predicted molar refractivity (Wildman–Crippen MR) is 112 cm³/mol. The van der Waals surface area contributed by atoms with Gasteiger partial charge in [0.1, 0.15) is 5.69 Å². The third-order valence-electron chi connectivity index (χ3n) is 4.40. The Hall–Kier alpha value is -3.65. The van der Waals surface area contributed by atoms with Crippen LogP contribution in [0.1, 0.15) is 0 Å². The van der Waals surface area contributed by atoms with E-state index in [-0.39, 0.29) is 11.4 Å². The molecule has 8 heteroatoms. The van der Waals surface area contributed by atoms with Gasteiger partial charge in [0.05, 0.1) is 11.1 Å². The molecule has 7 nitrogen and oxygen atoms in total. The summed E-state index contributed by atoms with van der Waals surface area (Å²) in [6.45, 7) is 0. The SMILES string of the molecule is O=c1c2ccccc2c(-c2nc(-c3ccccn3)no2)nn1-c1ccc(Br)cc1. The summed E-state index contributed by atoms with van der Waals surface area (Å²) in [5.74, 6) is 0.570. The lowest BCUT2D eigenvalue weighted by Gasteiger charge is -2.09. The first-order valence-electron chi connectivity index (χ1n) is 8.74. The molecule has 0 amide bonds. The molecule has 0 fully saturated rings. The first-order valence-corrected chi connectivity index (χ1v) is 9.53. The molecule has 5 rings (SSSR count). The van der Waals surface area contributed by atoms with Gasteiger partial charge in [0.2, 0.25) is 5.82 Å². The number of hydrogen-bond donors (Lipinski definition) is 0. The summed E-state index contributed by atoms with van der Waals surface area (Å²) in [6.07, 6.45) is 1.66. The van der Waals surface area contributed by atoms with Crippen LogP contribution in [-0.4, -0.2) is 24.9 Å². The zero-order valence-electron chi connectivity index (χ0n) is 14.9. The van der Waals surface area contributed by atoms with Crippen LogP contribution in [0, 0.1) is 0 Å². The van der Waals surface area contributed by atoms with Gasteiger partial charge in [-0.05, 0) is 42.5 Å². The van der Waals surface area contributed by atoms with E-state index < -0.39 is 0 Å². The largest absolute Gasteiger partial charge is 0.332 e. The maximum absolute atomic E-state index is 13.0. The zero-order valence-corrected chi connectivity index (χ0v) is 16.4. The van der Waals surface area contributed by atoms with Crippen LogP contribution in [0.4, 0.5) is 0 Å². The van der Waals surface area contributed by atoms with Gasteiger partial charge < -0.3 is 4.52 Å². The molecular formula is C21H12BrN5O2. The summed E-state index contributed by atoms with van der Waals surface area (Å²) < 4.78 is 7.73. The molecule has 0 saturated carbocycles. The molecule has 0 atom stereocenters. The van der Waals surface area contributed by atoms with Crippen molar-refractivity contribution in [2.75, 3.05) is 0 Å². The Balaban J connectivity index is 1.74. The monoisotopic (exact) mass is 445 g/mol.